The number of methoxy groups -OCH3 is 1. The van der Waals surface area contributed by atoms with Crippen LogP contribution in [0.2, 0.25) is 0 Å². The quantitative estimate of drug-likeness (QED) is 0.793. The van der Waals surface area contributed by atoms with Crippen molar-refractivity contribution in [3.8, 4) is 0 Å². The molecule has 0 saturated heterocycles. The molecule has 2 atom stereocenters. The maximum atomic E-state index is 5.79. The molecule has 0 bridgehead atoms. The molecule has 0 spiro atoms. The van der Waals surface area contributed by atoms with E-state index in [2.05, 4.69) is 38.4 Å². The second kappa shape index (κ2) is 7.21. The number of nitrogens with zero attached hydrogens (tertiary/aromatic N) is 1. The van der Waals surface area contributed by atoms with Gasteiger partial charge in [-0.2, -0.15) is 0 Å². The smallest absolute Gasteiger partial charge is 0.0945 e. The van der Waals surface area contributed by atoms with Crippen LogP contribution in [0.4, 0.5) is 0 Å². The van der Waals surface area contributed by atoms with Gasteiger partial charge >= 0.3 is 0 Å². The summed E-state index contributed by atoms with van der Waals surface area (Å²) in [7, 11) is 1.85. The van der Waals surface area contributed by atoms with Crippen LogP contribution in [-0.4, -0.2) is 30.8 Å². The molecule has 120 valence electrons. The Bertz CT molecular complexity index is 434. The highest BCUT2D eigenvalue weighted by Gasteiger charge is 2.37. The fourth-order valence-corrected chi connectivity index (χ4v) is 3.76. The van der Waals surface area contributed by atoms with Crippen LogP contribution in [0.5, 0.6) is 0 Å². The largest absolute Gasteiger partial charge is 0.380 e. The van der Waals surface area contributed by atoms with Gasteiger partial charge in [0.05, 0.1) is 16.8 Å². The number of hydrogen-bond donors (Lipinski definition) is 1. The highest BCUT2D eigenvalue weighted by molar-refractivity contribution is 7.09. The summed E-state index contributed by atoms with van der Waals surface area (Å²) in [4.78, 5) is 4.85. The first-order valence-corrected chi connectivity index (χ1v) is 9.04. The molecule has 3 nitrogen and oxygen atoms in total. The first-order chi connectivity index (χ1) is 9.95. The van der Waals surface area contributed by atoms with Crippen LogP contribution >= 0.6 is 11.3 Å². The minimum Gasteiger partial charge on any atom is -0.380 e. The Hall–Kier alpha value is -0.450. The van der Waals surface area contributed by atoms with Crippen molar-refractivity contribution in [3.05, 3.63) is 16.1 Å². The van der Waals surface area contributed by atoms with E-state index in [1.54, 1.807) is 11.3 Å². The molecule has 1 heterocycles. The lowest BCUT2D eigenvalue weighted by Gasteiger charge is -2.26. The van der Waals surface area contributed by atoms with E-state index >= 15 is 0 Å². The van der Waals surface area contributed by atoms with Crippen molar-refractivity contribution in [2.24, 2.45) is 5.92 Å². The van der Waals surface area contributed by atoms with Gasteiger partial charge in [-0.15, -0.1) is 11.3 Å². The molecule has 2 rings (SSSR count). The van der Waals surface area contributed by atoms with Crippen LogP contribution in [0.3, 0.4) is 0 Å². The molecular weight excluding hydrogens is 280 g/mol. The van der Waals surface area contributed by atoms with Crippen molar-refractivity contribution in [1.82, 2.24) is 10.3 Å². The summed E-state index contributed by atoms with van der Waals surface area (Å²) < 4.78 is 5.79. The molecule has 1 fully saturated rings. The summed E-state index contributed by atoms with van der Waals surface area (Å²) in [5.74, 6) is 0.742. The summed E-state index contributed by atoms with van der Waals surface area (Å²) in [5.41, 5.74) is 1.34. The molecule has 1 aliphatic rings. The second-order valence-corrected chi connectivity index (χ2v) is 8.12. The SMILES string of the molecule is CCCNC(Cc1nc(C(C)(C)C)cs1)C(OC)C1CC1. The summed E-state index contributed by atoms with van der Waals surface area (Å²) in [6, 6.07) is 0.390. The highest BCUT2D eigenvalue weighted by Crippen LogP contribution is 2.36. The van der Waals surface area contributed by atoms with Crippen molar-refractivity contribution >= 4 is 11.3 Å². The van der Waals surface area contributed by atoms with Gasteiger partial charge in [0.25, 0.3) is 0 Å². The normalized spacial score (nSPS) is 18.7. The fourth-order valence-electron chi connectivity index (χ4n) is 2.68. The fraction of sp³-hybridized carbons (Fsp3) is 0.824. The summed E-state index contributed by atoms with van der Waals surface area (Å²) in [5, 5.41) is 7.13. The molecule has 1 aromatic rings. The Morgan fingerprint density at radius 2 is 2.14 bits per heavy atom. The first-order valence-electron chi connectivity index (χ1n) is 8.16. The number of hydrogen-bond acceptors (Lipinski definition) is 4. The van der Waals surface area contributed by atoms with E-state index in [0.29, 0.717) is 12.1 Å². The summed E-state index contributed by atoms with van der Waals surface area (Å²) in [6.07, 6.45) is 5.10. The van der Waals surface area contributed by atoms with Gasteiger partial charge in [-0.3, -0.25) is 0 Å². The molecule has 4 heteroatoms. The average molecular weight is 311 g/mol. The predicted octanol–water partition coefficient (Wildman–Crippen LogP) is 3.78. The van der Waals surface area contributed by atoms with Crippen LogP contribution in [0, 0.1) is 5.92 Å². The van der Waals surface area contributed by atoms with Gasteiger partial charge in [0.15, 0.2) is 0 Å². The molecule has 0 aliphatic heterocycles. The number of nitrogens with one attached hydrogen (secondary N) is 1. The molecule has 2 unspecified atom stereocenters. The Morgan fingerprint density at radius 3 is 2.62 bits per heavy atom. The lowest BCUT2D eigenvalue weighted by atomic mass is 9.93. The third kappa shape index (κ3) is 4.76. The highest BCUT2D eigenvalue weighted by atomic mass is 32.1. The van der Waals surface area contributed by atoms with Crippen molar-refractivity contribution in [1.29, 1.82) is 0 Å². The van der Waals surface area contributed by atoms with Crippen molar-refractivity contribution in [2.75, 3.05) is 13.7 Å². The lowest BCUT2D eigenvalue weighted by molar-refractivity contribution is 0.0511. The van der Waals surface area contributed by atoms with Crippen LogP contribution < -0.4 is 5.32 Å². The number of ether oxygens (including phenoxy) is 1. The second-order valence-electron chi connectivity index (χ2n) is 7.18. The Labute approximate surface area is 133 Å². The zero-order valence-corrected chi connectivity index (χ0v) is 14.9. The van der Waals surface area contributed by atoms with Gasteiger partial charge < -0.3 is 10.1 Å². The van der Waals surface area contributed by atoms with Crippen LogP contribution in [-0.2, 0) is 16.6 Å². The van der Waals surface area contributed by atoms with E-state index in [1.165, 1.54) is 23.5 Å². The maximum absolute atomic E-state index is 5.79. The first kappa shape index (κ1) is 16.9. The van der Waals surface area contributed by atoms with Crippen molar-refractivity contribution < 1.29 is 4.74 Å². The molecule has 21 heavy (non-hydrogen) atoms. The van der Waals surface area contributed by atoms with Gasteiger partial charge in [-0.25, -0.2) is 4.98 Å². The van der Waals surface area contributed by atoms with E-state index in [-0.39, 0.29) is 5.41 Å². The standard InChI is InChI=1S/C17H30N2OS/c1-6-9-18-13(16(20-5)12-7-8-12)10-15-19-14(11-21-15)17(2,3)4/h11-13,16,18H,6-10H2,1-5H3. The van der Waals surface area contributed by atoms with Crippen LogP contribution in [0.15, 0.2) is 5.38 Å². The van der Waals surface area contributed by atoms with Gasteiger partial charge in [0.1, 0.15) is 0 Å². The summed E-state index contributed by atoms with van der Waals surface area (Å²) in [6.45, 7) is 9.93. The molecule has 1 saturated carbocycles. The third-order valence-electron chi connectivity index (χ3n) is 4.13. The predicted molar refractivity (Wildman–Crippen MR) is 90.1 cm³/mol. The maximum Gasteiger partial charge on any atom is 0.0945 e. The third-order valence-corrected chi connectivity index (χ3v) is 5.00. The van der Waals surface area contributed by atoms with Crippen molar-refractivity contribution in [3.63, 3.8) is 0 Å². The minimum atomic E-state index is 0.137. The Morgan fingerprint density at radius 1 is 1.43 bits per heavy atom. The van der Waals surface area contributed by atoms with Crippen molar-refractivity contribution in [2.45, 2.75) is 70.9 Å². The molecule has 1 aromatic heterocycles. The molecule has 0 amide bonds. The van der Waals surface area contributed by atoms with E-state index in [4.69, 9.17) is 9.72 Å². The molecule has 0 radical (unpaired) electrons. The average Bonchev–Trinajstić information content (AvgIpc) is 3.13. The Kier molecular flexibility index (Phi) is 5.81. The molecule has 0 aromatic carbocycles. The van der Waals surface area contributed by atoms with Gasteiger partial charge in [0.2, 0.25) is 0 Å². The topological polar surface area (TPSA) is 34.2 Å². The zero-order chi connectivity index (χ0) is 15.5. The van der Waals surface area contributed by atoms with E-state index < -0.39 is 0 Å². The van der Waals surface area contributed by atoms with Crippen LogP contribution in [0.25, 0.3) is 0 Å². The van der Waals surface area contributed by atoms with Gasteiger partial charge in [-0.1, -0.05) is 27.7 Å². The van der Waals surface area contributed by atoms with Gasteiger partial charge in [0, 0.05) is 30.4 Å². The summed E-state index contributed by atoms with van der Waals surface area (Å²) >= 11 is 1.79. The zero-order valence-electron chi connectivity index (χ0n) is 14.1. The van der Waals surface area contributed by atoms with E-state index in [9.17, 15) is 0 Å². The number of rotatable bonds is 8. The molecule has 1 aliphatic carbocycles. The number of thiazole rings is 1. The molecular formula is C17H30N2OS. The monoisotopic (exact) mass is 310 g/mol. The van der Waals surface area contributed by atoms with Gasteiger partial charge in [-0.05, 0) is 31.7 Å². The minimum absolute atomic E-state index is 0.137. The molecule has 1 N–H and O–H groups in total. The van der Waals surface area contributed by atoms with E-state index in [1.807, 2.05) is 7.11 Å². The number of aromatic nitrogens is 1. The van der Waals surface area contributed by atoms with E-state index in [0.717, 1.165) is 25.3 Å². The lowest BCUT2D eigenvalue weighted by Crippen LogP contribution is -2.44. The van der Waals surface area contributed by atoms with Crippen LogP contribution in [0.1, 0.15) is 57.7 Å². The Balaban J connectivity index is 2.05.